The average molecular weight is 293 g/mol. The first-order valence-corrected chi connectivity index (χ1v) is 7.24. The second-order valence-corrected chi connectivity index (χ2v) is 6.47. The number of primary amides is 1. The predicted molar refractivity (Wildman–Crippen MR) is 78.8 cm³/mol. The van der Waals surface area contributed by atoms with Gasteiger partial charge in [-0.2, -0.15) is 0 Å². The molecular formula is C15H23N3O3. The van der Waals surface area contributed by atoms with Gasteiger partial charge in [0.1, 0.15) is 5.69 Å². The lowest BCUT2D eigenvalue weighted by atomic mass is 9.73. The lowest BCUT2D eigenvalue weighted by molar-refractivity contribution is -0.0590. The Morgan fingerprint density at radius 2 is 2.05 bits per heavy atom. The summed E-state index contributed by atoms with van der Waals surface area (Å²) in [5, 5.41) is 13.5. The lowest BCUT2D eigenvalue weighted by Gasteiger charge is -2.40. The molecule has 1 aromatic heterocycles. The van der Waals surface area contributed by atoms with Gasteiger partial charge in [-0.05, 0) is 18.9 Å². The average Bonchev–Trinajstić information content (AvgIpc) is 3.05. The summed E-state index contributed by atoms with van der Waals surface area (Å²) in [5.74, 6) is -0.886. The molecule has 0 atom stereocenters. The van der Waals surface area contributed by atoms with Gasteiger partial charge in [0.05, 0.1) is 11.2 Å². The van der Waals surface area contributed by atoms with Crippen molar-refractivity contribution in [1.29, 1.82) is 0 Å². The fraction of sp³-hybridized carbons (Fsp3) is 0.600. The third-order valence-corrected chi connectivity index (χ3v) is 4.59. The van der Waals surface area contributed by atoms with E-state index < -0.39 is 16.9 Å². The van der Waals surface area contributed by atoms with Gasteiger partial charge in [-0.15, -0.1) is 0 Å². The van der Waals surface area contributed by atoms with Gasteiger partial charge < -0.3 is 21.1 Å². The maximum absolute atomic E-state index is 12.1. The quantitative estimate of drug-likeness (QED) is 0.654. The largest absolute Gasteiger partial charge is 0.389 e. The van der Waals surface area contributed by atoms with Crippen LogP contribution in [0.3, 0.4) is 0 Å². The number of H-pyrrole nitrogens is 1. The van der Waals surface area contributed by atoms with E-state index in [9.17, 15) is 14.7 Å². The molecule has 1 aliphatic carbocycles. The van der Waals surface area contributed by atoms with Crippen molar-refractivity contribution in [3.63, 3.8) is 0 Å². The summed E-state index contributed by atoms with van der Waals surface area (Å²) in [7, 11) is 0. The zero-order chi connectivity index (χ0) is 15.7. The summed E-state index contributed by atoms with van der Waals surface area (Å²) in [4.78, 5) is 25.8. The molecule has 6 nitrogen and oxygen atoms in total. The monoisotopic (exact) mass is 293 g/mol. The molecule has 1 aromatic rings. The molecule has 0 aromatic carbocycles. The number of amides is 2. The van der Waals surface area contributed by atoms with Crippen molar-refractivity contribution in [2.45, 2.75) is 45.1 Å². The lowest BCUT2D eigenvalue weighted by Crippen LogP contribution is -2.49. The summed E-state index contributed by atoms with van der Waals surface area (Å²) in [5.41, 5.74) is 4.58. The van der Waals surface area contributed by atoms with Gasteiger partial charge in [-0.25, -0.2) is 0 Å². The first-order valence-electron chi connectivity index (χ1n) is 7.24. The number of aromatic nitrogens is 1. The van der Waals surface area contributed by atoms with Gasteiger partial charge in [0.25, 0.3) is 5.91 Å². The summed E-state index contributed by atoms with van der Waals surface area (Å²) < 4.78 is 0. The smallest absolute Gasteiger partial charge is 0.267 e. The van der Waals surface area contributed by atoms with Crippen LogP contribution in [0.4, 0.5) is 0 Å². The molecule has 21 heavy (non-hydrogen) atoms. The second-order valence-electron chi connectivity index (χ2n) is 6.47. The fourth-order valence-corrected chi connectivity index (χ4v) is 2.87. The van der Waals surface area contributed by atoms with Crippen LogP contribution in [0.25, 0.3) is 0 Å². The predicted octanol–water partition coefficient (Wildman–Crippen LogP) is 1.17. The second kappa shape index (κ2) is 5.52. The maximum Gasteiger partial charge on any atom is 0.267 e. The summed E-state index contributed by atoms with van der Waals surface area (Å²) in [6.45, 7) is 4.29. The number of hydrogen-bond acceptors (Lipinski definition) is 3. The van der Waals surface area contributed by atoms with Gasteiger partial charge in [0.2, 0.25) is 5.91 Å². The molecule has 2 rings (SSSR count). The fourth-order valence-electron chi connectivity index (χ4n) is 2.87. The van der Waals surface area contributed by atoms with Crippen molar-refractivity contribution < 1.29 is 14.7 Å². The summed E-state index contributed by atoms with van der Waals surface area (Å²) in [6, 6.07) is 1.43. The van der Waals surface area contributed by atoms with Crippen molar-refractivity contribution in [2.24, 2.45) is 11.1 Å². The molecule has 6 heteroatoms. The van der Waals surface area contributed by atoms with Crippen molar-refractivity contribution >= 4 is 11.8 Å². The van der Waals surface area contributed by atoms with Crippen LogP contribution in [0.15, 0.2) is 12.3 Å². The molecule has 0 unspecified atom stereocenters. The Kier molecular flexibility index (Phi) is 4.09. The minimum absolute atomic E-state index is 0.272. The Bertz CT molecular complexity index is 542. The molecule has 1 heterocycles. The molecular weight excluding hydrogens is 270 g/mol. The van der Waals surface area contributed by atoms with E-state index in [1.165, 1.54) is 12.3 Å². The van der Waals surface area contributed by atoms with Crippen LogP contribution in [-0.4, -0.2) is 34.1 Å². The molecule has 2 amide bonds. The van der Waals surface area contributed by atoms with Gasteiger partial charge in [0, 0.05) is 18.2 Å². The number of carbonyl (C=O) groups excluding carboxylic acids is 2. The highest BCUT2D eigenvalue weighted by Crippen LogP contribution is 2.43. The Hall–Kier alpha value is -1.82. The van der Waals surface area contributed by atoms with Crippen molar-refractivity contribution in [1.82, 2.24) is 10.3 Å². The van der Waals surface area contributed by atoms with E-state index in [4.69, 9.17) is 5.73 Å². The Morgan fingerprint density at radius 1 is 1.43 bits per heavy atom. The van der Waals surface area contributed by atoms with Crippen LogP contribution in [-0.2, 0) is 0 Å². The minimum Gasteiger partial charge on any atom is -0.389 e. The number of carbonyl (C=O) groups is 2. The SMILES string of the molecule is CC(C)(CNC(=O)c1cc(C(N)=O)c[nH]1)C1(O)CCCC1. The van der Waals surface area contributed by atoms with Gasteiger partial charge in [0.15, 0.2) is 0 Å². The van der Waals surface area contributed by atoms with Crippen LogP contribution in [0, 0.1) is 5.41 Å². The van der Waals surface area contributed by atoms with E-state index in [0.717, 1.165) is 25.7 Å². The summed E-state index contributed by atoms with van der Waals surface area (Å²) in [6.07, 6.45) is 4.99. The molecule has 5 N–H and O–H groups in total. The molecule has 116 valence electrons. The molecule has 0 saturated heterocycles. The number of aromatic amines is 1. The van der Waals surface area contributed by atoms with E-state index in [1.807, 2.05) is 13.8 Å². The summed E-state index contributed by atoms with van der Waals surface area (Å²) >= 11 is 0. The highest BCUT2D eigenvalue weighted by Gasteiger charge is 2.45. The molecule has 1 aliphatic rings. The van der Waals surface area contributed by atoms with Crippen LogP contribution >= 0.6 is 0 Å². The molecule has 1 saturated carbocycles. The van der Waals surface area contributed by atoms with Gasteiger partial charge in [-0.1, -0.05) is 26.7 Å². The van der Waals surface area contributed by atoms with Gasteiger partial charge >= 0.3 is 0 Å². The van der Waals surface area contributed by atoms with Crippen molar-refractivity contribution in [2.75, 3.05) is 6.54 Å². The number of nitrogens with one attached hydrogen (secondary N) is 2. The van der Waals surface area contributed by atoms with E-state index in [0.29, 0.717) is 6.54 Å². The third-order valence-electron chi connectivity index (χ3n) is 4.59. The zero-order valence-electron chi connectivity index (χ0n) is 12.5. The zero-order valence-corrected chi connectivity index (χ0v) is 12.5. The number of nitrogens with two attached hydrogens (primary N) is 1. The van der Waals surface area contributed by atoms with Crippen molar-refractivity contribution in [3.05, 3.63) is 23.5 Å². The van der Waals surface area contributed by atoms with Crippen LogP contribution in [0.1, 0.15) is 60.4 Å². The van der Waals surface area contributed by atoms with Crippen LogP contribution in [0.2, 0.25) is 0 Å². The molecule has 0 bridgehead atoms. The normalized spacial score (nSPS) is 17.7. The van der Waals surface area contributed by atoms with E-state index >= 15 is 0 Å². The highest BCUT2D eigenvalue weighted by molar-refractivity contribution is 5.98. The molecule has 0 radical (unpaired) electrons. The van der Waals surface area contributed by atoms with Crippen LogP contribution in [0.5, 0.6) is 0 Å². The standard InChI is InChI=1S/C15H23N3O3/c1-14(2,15(21)5-3-4-6-15)9-18-13(20)11-7-10(8-17-11)12(16)19/h7-8,17,21H,3-6,9H2,1-2H3,(H2,16,19)(H,18,20). The number of aliphatic hydroxyl groups is 1. The minimum atomic E-state index is -0.728. The molecule has 0 spiro atoms. The van der Waals surface area contributed by atoms with Crippen molar-refractivity contribution in [3.8, 4) is 0 Å². The van der Waals surface area contributed by atoms with E-state index in [-0.39, 0.29) is 17.2 Å². The first-order chi connectivity index (χ1) is 9.75. The Morgan fingerprint density at radius 3 is 2.57 bits per heavy atom. The number of rotatable bonds is 5. The van der Waals surface area contributed by atoms with E-state index in [1.54, 1.807) is 0 Å². The van der Waals surface area contributed by atoms with Crippen LogP contribution < -0.4 is 11.1 Å². The third kappa shape index (κ3) is 3.10. The molecule has 0 aliphatic heterocycles. The van der Waals surface area contributed by atoms with Gasteiger partial charge in [-0.3, -0.25) is 9.59 Å². The molecule has 1 fully saturated rings. The van der Waals surface area contributed by atoms with E-state index in [2.05, 4.69) is 10.3 Å². The highest BCUT2D eigenvalue weighted by atomic mass is 16.3. The topological polar surface area (TPSA) is 108 Å². The Balaban J connectivity index is 1.98. The Labute approximate surface area is 124 Å². The maximum atomic E-state index is 12.1. The first kappa shape index (κ1) is 15.6. The number of hydrogen-bond donors (Lipinski definition) is 4.